The SMILES string of the molecule is CCOC(=O)C1(NC2CCCC2)CCC(C)CC1C. The van der Waals surface area contributed by atoms with Crippen LogP contribution in [0.2, 0.25) is 0 Å². The van der Waals surface area contributed by atoms with Crippen molar-refractivity contribution in [2.75, 3.05) is 6.61 Å². The lowest BCUT2D eigenvalue weighted by molar-refractivity contribution is -0.156. The van der Waals surface area contributed by atoms with Crippen LogP contribution in [0.4, 0.5) is 0 Å². The quantitative estimate of drug-likeness (QED) is 0.794. The van der Waals surface area contributed by atoms with Gasteiger partial charge in [-0.25, -0.2) is 0 Å². The normalized spacial score (nSPS) is 36.4. The van der Waals surface area contributed by atoms with E-state index in [-0.39, 0.29) is 5.97 Å². The first kappa shape index (κ1) is 14.8. The third-order valence-corrected chi connectivity index (χ3v) is 5.09. The maximum Gasteiger partial charge on any atom is 0.326 e. The lowest BCUT2D eigenvalue weighted by Gasteiger charge is -2.44. The molecule has 110 valence electrons. The van der Waals surface area contributed by atoms with Crippen molar-refractivity contribution in [2.45, 2.75) is 77.3 Å². The molecule has 2 rings (SSSR count). The summed E-state index contributed by atoms with van der Waals surface area (Å²) in [4.78, 5) is 12.5. The molecule has 0 saturated heterocycles. The van der Waals surface area contributed by atoms with Gasteiger partial charge >= 0.3 is 5.97 Å². The number of esters is 1. The van der Waals surface area contributed by atoms with Crippen molar-refractivity contribution in [1.82, 2.24) is 5.32 Å². The fraction of sp³-hybridized carbons (Fsp3) is 0.938. The van der Waals surface area contributed by atoms with E-state index in [4.69, 9.17) is 4.74 Å². The van der Waals surface area contributed by atoms with Gasteiger partial charge < -0.3 is 4.74 Å². The molecule has 0 spiro atoms. The lowest BCUT2D eigenvalue weighted by Crippen LogP contribution is -2.62. The van der Waals surface area contributed by atoms with Crippen molar-refractivity contribution < 1.29 is 9.53 Å². The van der Waals surface area contributed by atoms with Crippen LogP contribution in [0.5, 0.6) is 0 Å². The van der Waals surface area contributed by atoms with Gasteiger partial charge in [-0.05, 0) is 50.9 Å². The Morgan fingerprint density at radius 1 is 1.26 bits per heavy atom. The van der Waals surface area contributed by atoms with Gasteiger partial charge in [0.05, 0.1) is 6.61 Å². The van der Waals surface area contributed by atoms with E-state index in [1.54, 1.807) is 0 Å². The third kappa shape index (κ3) is 3.13. The van der Waals surface area contributed by atoms with Crippen LogP contribution in [0.25, 0.3) is 0 Å². The van der Waals surface area contributed by atoms with Crippen LogP contribution in [-0.2, 0) is 9.53 Å². The molecule has 3 atom stereocenters. The molecule has 1 N–H and O–H groups in total. The molecule has 0 radical (unpaired) electrons. The molecule has 2 aliphatic carbocycles. The van der Waals surface area contributed by atoms with Gasteiger partial charge in [-0.1, -0.05) is 26.7 Å². The molecule has 0 aliphatic heterocycles. The summed E-state index contributed by atoms with van der Waals surface area (Å²) in [6.45, 7) is 6.89. The summed E-state index contributed by atoms with van der Waals surface area (Å²) < 4.78 is 5.40. The first-order valence-corrected chi connectivity index (χ1v) is 8.03. The van der Waals surface area contributed by atoms with Gasteiger partial charge in [-0.2, -0.15) is 0 Å². The second kappa shape index (κ2) is 6.25. The second-order valence-electron chi connectivity index (χ2n) is 6.60. The van der Waals surface area contributed by atoms with Crippen LogP contribution in [-0.4, -0.2) is 24.2 Å². The molecular formula is C16H29NO2. The Kier molecular flexibility index (Phi) is 4.88. The number of rotatable bonds is 4. The van der Waals surface area contributed by atoms with Crippen LogP contribution in [0.15, 0.2) is 0 Å². The number of carbonyl (C=O) groups excluding carboxylic acids is 1. The first-order valence-electron chi connectivity index (χ1n) is 8.03. The summed E-state index contributed by atoms with van der Waals surface area (Å²) >= 11 is 0. The molecule has 3 nitrogen and oxygen atoms in total. The van der Waals surface area contributed by atoms with E-state index in [1.165, 1.54) is 25.7 Å². The molecule has 2 fully saturated rings. The van der Waals surface area contributed by atoms with Gasteiger partial charge in [-0.15, -0.1) is 0 Å². The predicted molar refractivity (Wildman–Crippen MR) is 76.9 cm³/mol. The third-order valence-electron chi connectivity index (χ3n) is 5.09. The maximum absolute atomic E-state index is 12.5. The minimum Gasteiger partial charge on any atom is -0.465 e. The molecule has 3 heteroatoms. The Morgan fingerprint density at radius 3 is 2.53 bits per heavy atom. The predicted octanol–water partition coefficient (Wildman–Crippen LogP) is 3.28. The lowest BCUT2D eigenvalue weighted by atomic mass is 9.69. The number of hydrogen-bond acceptors (Lipinski definition) is 3. The van der Waals surface area contributed by atoms with E-state index in [0.717, 1.165) is 25.2 Å². The monoisotopic (exact) mass is 267 g/mol. The van der Waals surface area contributed by atoms with Gasteiger partial charge in [-0.3, -0.25) is 10.1 Å². The van der Waals surface area contributed by atoms with Crippen molar-refractivity contribution in [3.05, 3.63) is 0 Å². The minimum atomic E-state index is -0.419. The highest BCUT2D eigenvalue weighted by atomic mass is 16.5. The summed E-state index contributed by atoms with van der Waals surface area (Å²) in [5, 5.41) is 3.71. The molecule has 0 amide bonds. The van der Waals surface area contributed by atoms with E-state index >= 15 is 0 Å². The van der Waals surface area contributed by atoms with Crippen molar-refractivity contribution in [3.8, 4) is 0 Å². The van der Waals surface area contributed by atoms with Gasteiger partial charge in [0.15, 0.2) is 0 Å². The smallest absolute Gasteiger partial charge is 0.326 e. The number of nitrogens with one attached hydrogen (secondary N) is 1. The molecule has 0 aromatic heterocycles. The van der Waals surface area contributed by atoms with E-state index in [1.807, 2.05) is 6.92 Å². The van der Waals surface area contributed by atoms with Crippen molar-refractivity contribution in [1.29, 1.82) is 0 Å². The summed E-state index contributed by atoms with van der Waals surface area (Å²) in [6.07, 6.45) is 8.20. The van der Waals surface area contributed by atoms with Crippen LogP contribution < -0.4 is 5.32 Å². The van der Waals surface area contributed by atoms with Crippen LogP contribution in [0, 0.1) is 11.8 Å². The highest BCUT2D eigenvalue weighted by molar-refractivity contribution is 5.81. The molecule has 0 bridgehead atoms. The summed E-state index contributed by atoms with van der Waals surface area (Å²) in [6, 6.07) is 0.514. The molecule has 0 heterocycles. The van der Waals surface area contributed by atoms with Crippen LogP contribution in [0.3, 0.4) is 0 Å². The topological polar surface area (TPSA) is 38.3 Å². The van der Waals surface area contributed by atoms with E-state index in [0.29, 0.717) is 18.6 Å². The Morgan fingerprint density at radius 2 is 1.95 bits per heavy atom. The molecule has 19 heavy (non-hydrogen) atoms. The molecule has 0 aromatic rings. The Bertz CT molecular complexity index is 312. The molecule has 2 saturated carbocycles. The molecule has 3 unspecified atom stereocenters. The van der Waals surface area contributed by atoms with Crippen molar-refractivity contribution >= 4 is 5.97 Å². The Balaban J connectivity index is 2.13. The Hall–Kier alpha value is -0.570. The van der Waals surface area contributed by atoms with Gasteiger partial charge in [0, 0.05) is 6.04 Å². The fourth-order valence-corrected chi connectivity index (χ4v) is 3.91. The maximum atomic E-state index is 12.5. The van der Waals surface area contributed by atoms with E-state index in [2.05, 4.69) is 19.2 Å². The average Bonchev–Trinajstić information content (AvgIpc) is 2.86. The zero-order valence-corrected chi connectivity index (χ0v) is 12.7. The summed E-state index contributed by atoms with van der Waals surface area (Å²) in [5.41, 5.74) is -0.419. The van der Waals surface area contributed by atoms with Gasteiger partial charge in [0.1, 0.15) is 5.54 Å². The molecular weight excluding hydrogens is 238 g/mol. The zero-order valence-electron chi connectivity index (χ0n) is 12.7. The number of ether oxygens (including phenoxy) is 1. The van der Waals surface area contributed by atoms with Crippen LogP contribution in [0.1, 0.15) is 65.7 Å². The fourth-order valence-electron chi connectivity index (χ4n) is 3.91. The number of carbonyl (C=O) groups is 1. The van der Waals surface area contributed by atoms with Gasteiger partial charge in [0.25, 0.3) is 0 Å². The van der Waals surface area contributed by atoms with E-state index < -0.39 is 5.54 Å². The largest absolute Gasteiger partial charge is 0.465 e. The Labute approximate surface area is 117 Å². The molecule has 2 aliphatic rings. The highest BCUT2D eigenvalue weighted by Gasteiger charge is 2.48. The van der Waals surface area contributed by atoms with Crippen LogP contribution >= 0.6 is 0 Å². The summed E-state index contributed by atoms with van der Waals surface area (Å²) in [7, 11) is 0. The van der Waals surface area contributed by atoms with E-state index in [9.17, 15) is 4.79 Å². The van der Waals surface area contributed by atoms with Crippen molar-refractivity contribution in [2.24, 2.45) is 11.8 Å². The number of hydrogen-bond donors (Lipinski definition) is 1. The zero-order chi connectivity index (χ0) is 13.9. The first-order chi connectivity index (χ1) is 9.08. The highest BCUT2D eigenvalue weighted by Crippen LogP contribution is 2.39. The minimum absolute atomic E-state index is 0.0127. The second-order valence-corrected chi connectivity index (χ2v) is 6.60. The average molecular weight is 267 g/mol. The van der Waals surface area contributed by atoms with Gasteiger partial charge in [0.2, 0.25) is 0 Å². The van der Waals surface area contributed by atoms with Crippen molar-refractivity contribution in [3.63, 3.8) is 0 Å². The standard InChI is InChI=1S/C16H29NO2/c1-4-19-15(18)16(17-14-7-5-6-8-14)10-9-12(2)11-13(16)3/h12-14,17H,4-11H2,1-3H3. The molecule has 0 aromatic carbocycles. The summed E-state index contributed by atoms with van der Waals surface area (Å²) in [5.74, 6) is 1.08.